The zero-order valence-electron chi connectivity index (χ0n) is 39.5. The van der Waals surface area contributed by atoms with E-state index >= 15 is 0 Å². The monoisotopic (exact) mass is 1000 g/mol. The molecule has 16 heteroatoms. The number of rotatable bonds is 19. The van der Waals surface area contributed by atoms with Gasteiger partial charge in [0.2, 0.25) is 0 Å². The van der Waals surface area contributed by atoms with E-state index in [0.29, 0.717) is 16.5 Å². The van der Waals surface area contributed by atoms with Crippen LogP contribution < -0.4 is 9.47 Å². The van der Waals surface area contributed by atoms with Gasteiger partial charge in [-0.05, 0) is 73.5 Å². The summed E-state index contributed by atoms with van der Waals surface area (Å²) in [5.74, 6) is -0.933. The van der Waals surface area contributed by atoms with Gasteiger partial charge in [-0.2, -0.15) is 0 Å². The fourth-order valence-electron chi connectivity index (χ4n) is 8.36. The number of aliphatic hydroxyl groups is 1. The number of hydrogen-bond donors (Lipinski definition) is 1. The zero-order valence-corrected chi connectivity index (χ0v) is 42.1. The van der Waals surface area contributed by atoms with E-state index in [4.69, 9.17) is 32.8 Å². The topological polar surface area (TPSA) is 160 Å². The number of methoxy groups -OCH3 is 4. The number of halogens is 1. The Morgan fingerprint density at radius 3 is 1.40 bits per heavy atom. The Bertz CT molecular complexity index is 2380. The lowest BCUT2D eigenvalue weighted by Gasteiger charge is -2.47. The van der Waals surface area contributed by atoms with Crippen molar-refractivity contribution in [2.24, 2.45) is 0 Å². The Kier molecular flexibility index (Phi) is 17.2. The van der Waals surface area contributed by atoms with Gasteiger partial charge >= 0.3 is 11.9 Å². The van der Waals surface area contributed by atoms with E-state index in [9.17, 15) is 24.3 Å². The SMILES string of the molecule is C=C1C(=O)N(Cc2ccc(OC)cc2)[C@](COCc2ccccc2)(C(=O)OC)[C@@]1(C)O.C=C1C(=O)N(Cc2ccc(OC)cc2)[C@](COCc2ccccc2)(C(=O)OC)[C@@]1(C)O[Si](C)(C)CBr. The molecule has 358 valence electrons. The molecule has 2 fully saturated rings. The van der Waals surface area contributed by atoms with Crippen LogP contribution in [-0.2, 0) is 68.9 Å². The second-order valence-electron chi connectivity index (χ2n) is 17.2. The average molecular weight is 1000 g/mol. The Labute approximate surface area is 402 Å². The molecule has 4 aromatic rings. The molecule has 2 aliphatic rings. The molecule has 0 saturated carbocycles. The third-order valence-electron chi connectivity index (χ3n) is 12.4. The molecule has 2 amide bonds. The lowest BCUT2D eigenvalue weighted by Crippen LogP contribution is -2.68. The molecule has 1 N–H and O–H groups in total. The van der Waals surface area contributed by atoms with Crippen LogP contribution in [0, 0.1) is 0 Å². The van der Waals surface area contributed by atoms with Crippen molar-refractivity contribution >= 4 is 48.0 Å². The Hall–Kier alpha value is -5.62. The highest BCUT2D eigenvalue weighted by Gasteiger charge is 2.70. The van der Waals surface area contributed by atoms with Gasteiger partial charge in [-0.3, -0.25) is 9.59 Å². The smallest absolute Gasteiger partial charge is 0.337 e. The number of hydrogen-bond acceptors (Lipinski definition) is 12. The van der Waals surface area contributed by atoms with Crippen LogP contribution in [0.5, 0.6) is 11.5 Å². The molecule has 67 heavy (non-hydrogen) atoms. The maximum atomic E-state index is 13.8. The van der Waals surface area contributed by atoms with Gasteiger partial charge in [0.15, 0.2) is 19.4 Å². The van der Waals surface area contributed by atoms with Crippen LogP contribution in [0.4, 0.5) is 0 Å². The largest absolute Gasteiger partial charge is 0.497 e. The van der Waals surface area contributed by atoms with Gasteiger partial charge in [-0.15, -0.1) is 0 Å². The molecular formula is C51H61BrN2O12Si. The van der Waals surface area contributed by atoms with Gasteiger partial charge in [0.1, 0.15) is 22.7 Å². The summed E-state index contributed by atoms with van der Waals surface area (Å²) < 4.78 is 39.5. The van der Waals surface area contributed by atoms with Gasteiger partial charge in [0.05, 0.1) is 54.9 Å². The molecule has 2 saturated heterocycles. The fraction of sp³-hybridized carbons (Fsp3) is 0.373. The zero-order chi connectivity index (χ0) is 49.2. The van der Waals surface area contributed by atoms with Gasteiger partial charge in [0, 0.05) is 29.2 Å². The normalized spacial score (nSPS) is 22.6. The van der Waals surface area contributed by atoms with Crippen LogP contribution in [0.2, 0.25) is 13.1 Å². The van der Waals surface area contributed by atoms with Crippen molar-refractivity contribution in [2.45, 2.75) is 75.5 Å². The summed E-state index contributed by atoms with van der Waals surface area (Å²) in [6.45, 7) is 15.3. The van der Waals surface area contributed by atoms with E-state index in [1.165, 1.54) is 30.9 Å². The molecule has 0 radical (unpaired) electrons. The van der Waals surface area contributed by atoms with Gasteiger partial charge in [-0.25, -0.2) is 9.59 Å². The van der Waals surface area contributed by atoms with Crippen LogP contribution in [-0.4, -0.2) is 116 Å². The maximum Gasteiger partial charge on any atom is 0.337 e. The molecule has 0 spiro atoms. The minimum absolute atomic E-state index is 0.0573. The summed E-state index contributed by atoms with van der Waals surface area (Å²) in [7, 11) is 3.31. The van der Waals surface area contributed by atoms with Crippen LogP contribution in [0.15, 0.2) is 133 Å². The minimum atomic E-state index is -2.37. The van der Waals surface area contributed by atoms with Crippen LogP contribution >= 0.6 is 15.9 Å². The number of carbonyl (C=O) groups excluding carboxylic acids is 4. The first-order chi connectivity index (χ1) is 31.8. The number of amides is 2. The van der Waals surface area contributed by atoms with Crippen molar-refractivity contribution in [2.75, 3.05) is 46.6 Å². The highest BCUT2D eigenvalue weighted by molar-refractivity contribution is 9.09. The molecule has 2 aliphatic heterocycles. The number of carbonyl (C=O) groups is 4. The molecule has 0 aromatic heterocycles. The molecule has 2 heterocycles. The number of benzene rings is 4. The minimum Gasteiger partial charge on any atom is -0.497 e. The number of esters is 2. The summed E-state index contributed by atoms with van der Waals surface area (Å²) in [4.78, 5) is 57.0. The summed E-state index contributed by atoms with van der Waals surface area (Å²) in [6, 6.07) is 33.5. The standard InChI is InChI=1S/C27H34BrNO6Si.C24H27NO6/c1-20-24(30)29(16-21-12-14-23(32-3)15-13-21)27(25(31)33-4,26(20,2)35-36(5,6)19-28)18-34-17-22-10-8-7-9-11-22;1-17-21(26)25(14-18-10-12-20(29-3)13-11-18)24(22(27)30-4,23(17,2)28)16-31-15-19-8-6-5-7-9-19/h7-15H,1,16-19H2,2-6H3;5-13,28H,1,14-16H2,2-4H3/t26-,27+;23-,24+/m00/s1. The van der Waals surface area contributed by atoms with Gasteiger partial charge in [-0.1, -0.05) is 114 Å². The quantitative estimate of drug-likeness (QED) is 0.0440. The maximum absolute atomic E-state index is 13.8. The van der Waals surface area contributed by atoms with Crippen LogP contribution in [0.1, 0.15) is 36.1 Å². The molecule has 6 rings (SSSR count). The third-order valence-corrected chi connectivity index (χ3v) is 18.0. The Morgan fingerprint density at radius 1 is 0.612 bits per heavy atom. The number of ether oxygens (including phenoxy) is 6. The third kappa shape index (κ3) is 10.6. The van der Waals surface area contributed by atoms with Crippen molar-refractivity contribution in [3.63, 3.8) is 0 Å². The summed E-state index contributed by atoms with van der Waals surface area (Å²) in [6.07, 6.45) is 0. The van der Waals surface area contributed by atoms with Gasteiger partial charge < -0.3 is 47.8 Å². The van der Waals surface area contributed by atoms with Crippen LogP contribution in [0.3, 0.4) is 0 Å². The Balaban J connectivity index is 0.000000254. The van der Waals surface area contributed by atoms with E-state index in [2.05, 4.69) is 29.1 Å². The lowest BCUT2D eigenvalue weighted by atomic mass is 9.80. The molecule has 4 aromatic carbocycles. The van der Waals surface area contributed by atoms with E-state index in [1.807, 2.05) is 98.0 Å². The van der Waals surface area contributed by atoms with Crippen molar-refractivity contribution in [3.05, 3.63) is 156 Å². The van der Waals surface area contributed by atoms with E-state index < -0.39 is 48.4 Å². The molecule has 0 bridgehead atoms. The fourth-order valence-corrected chi connectivity index (χ4v) is 10.2. The lowest BCUT2D eigenvalue weighted by molar-refractivity contribution is -0.176. The second-order valence-corrected chi connectivity index (χ2v) is 22.9. The van der Waals surface area contributed by atoms with Crippen molar-refractivity contribution in [1.29, 1.82) is 0 Å². The first-order valence-corrected chi connectivity index (χ1v) is 25.7. The highest BCUT2D eigenvalue weighted by Crippen LogP contribution is 2.49. The number of alkyl halides is 1. The Morgan fingerprint density at radius 2 is 1.00 bits per heavy atom. The molecular weight excluding hydrogens is 941 g/mol. The molecule has 0 unspecified atom stereocenters. The summed E-state index contributed by atoms with van der Waals surface area (Å²) in [5.41, 5.74) is -3.12. The van der Waals surface area contributed by atoms with Crippen LogP contribution in [0.25, 0.3) is 0 Å². The predicted molar refractivity (Wildman–Crippen MR) is 258 cm³/mol. The first kappa shape index (κ1) is 52.3. The highest BCUT2D eigenvalue weighted by atomic mass is 79.9. The predicted octanol–water partition coefficient (Wildman–Crippen LogP) is 7.11. The summed E-state index contributed by atoms with van der Waals surface area (Å²) >= 11 is 3.54. The molecule has 4 atom stereocenters. The van der Waals surface area contributed by atoms with Gasteiger partial charge in [0.25, 0.3) is 11.8 Å². The number of likely N-dealkylation sites (tertiary alicyclic amines) is 2. The van der Waals surface area contributed by atoms with Crippen molar-refractivity contribution in [1.82, 2.24) is 9.80 Å². The van der Waals surface area contributed by atoms with E-state index in [1.54, 1.807) is 45.4 Å². The van der Waals surface area contributed by atoms with E-state index in [-0.39, 0.29) is 56.6 Å². The number of nitrogens with zero attached hydrogens (tertiary/aromatic N) is 2. The summed E-state index contributed by atoms with van der Waals surface area (Å²) in [5, 5.41) is 11.3. The van der Waals surface area contributed by atoms with E-state index in [0.717, 1.165) is 22.3 Å². The molecule has 14 nitrogen and oxygen atoms in total. The average Bonchev–Trinajstić information content (AvgIpc) is 3.58. The van der Waals surface area contributed by atoms with Crippen molar-refractivity contribution < 1.29 is 57.1 Å². The molecule has 0 aliphatic carbocycles. The first-order valence-electron chi connectivity index (χ1n) is 21.5. The second kappa shape index (κ2) is 22.0. The van der Waals surface area contributed by atoms with Crippen molar-refractivity contribution in [3.8, 4) is 11.5 Å².